The first kappa shape index (κ1) is 24.6. The number of nitrogens with zero attached hydrogens (tertiary/aromatic N) is 2. The van der Waals surface area contributed by atoms with Crippen LogP contribution in [0, 0.1) is 12.8 Å². The van der Waals surface area contributed by atoms with Crippen molar-refractivity contribution in [2.45, 2.75) is 58.9 Å². The molecule has 7 heteroatoms. The monoisotopic (exact) mass is 464 g/mol. The second-order valence-electron chi connectivity index (χ2n) is 8.27. The Labute approximate surface area is 199 Å². The van der Waals surface area contributed by atoms with E-state index in [2.05, 4.69) is 27.8 Å². The number of carbonyl (C=O) groups is 2. The molecule has 2 N–H and O–H groups in total. The SMILES string of the molecule is CCCCC(CC)C(=O)NC(Cc1ccccc1)C(=O)Nc1nnc(-c2ccc(C)cc2)s1. The number of nitrogens with one attached hydrogen (secondary N) is 2. The van der Waals surface area contributed by atoms with Gasteiger partial charge in [-0.25, -0.2) is 0 Å². The fourth-order valence-corrected chi connectivity index (χ4v) is 4.35. The molecule has 0 spiro atoms. The Kier molecular flexibility index (Phi) is 9.13. The minimum atomic E-state index is -0.692. The maximum atomic E-state index is 13.2. The van der Waals surface area contributed by atoms with E-state index in [4.69, 9.17) is 0 Å². The molecule has 1 aromatic heterocycles. The van der Waals surface area contributed by atoms with Crippen LogP contribution in [0.4, 0.5) is 5.13 Å². The second kappa shape index (κ2) is 12.3. The van der Waals surface area contributed by atoms with Crippen LogP contribution >= 0.6 is 11.3 Å². The molecule has 0 aliphatic heterocycles. The smallest absolute Gasteiger partial charge is 0.249 e. The summed E-state index contributed by atoms with van der Waals surface area (Å²) in [5.74, 6) is -0.450. The Morgan fingerprint density at radius 1 is 0.970 bits per heavy atom. The number of anilines is 1. The molecule has 2 aromatic carbocycles. The van der Waals surface area contributed by atoms with Gasteiger partial charge >= 0.3 is 0 Å². The molecule has 33 heavy (non-hydrogen) atoms. The van der Waals surface area contributed by atoms with E-state index in [0.29, 0.717) is 11.6 Å². The van der Waals surface area contributed by atoms with Crippen LogP contribution in [0.1, 0.15) is 50.7 Å². The molecule has 1 heterocycles. The van der Waals surface area contributed by atoms with Crippen molar-refractivity contribution < 1.29 is 9.59 Å². The lowest BCUT2D eigenvalue weighted by atomic mass is 9.97. The van der Waals surface area contributed by atoms with Crippen LogP contribution in [0.5, 0.6) is 0 Å². The van der Waals surface area contributed by atoms with Crippen molar-refractivity contribution in [1.82, 2.24) is 15.5 Å². The fraction of sp³-hybridized carbons (Fsp3) is 0.385. The highest BCUT2D eigenvalue weighted by Gasteiger charge is 2.26. The van der Waals surface area contributed by atoms with Gasteiger partial charge in [0.05, 0.1) is 0 Å². The zero-order valence-electron chi connectivity index (χ0n) is 19.5. The van der Waals surface area contributed by atoms with E-state index in [0.717, 1.165) is 41.8 Å². The summed E-state index contributed by atoms with van der Waals surface area (Å²) in [5, 5.41) is 15.4. The molecule has 0 bridgehead atoms. The van der Waals surface area contributed by atoms with Crippen molar-refractivity contribution in [3.63, 3.8) is 0 Å². The lowest BCUT2D eigenvalue weighted by Gasteiger charge is -2.21. The van der Waals surface area contributed by atoms with Crippen LogP contribution in [-0.4, -0.2) is 28.1 Å². The Morgan fingerprint density at radius 2 is 1.70 bits per heavy atom. The lowest BCUT2D eigenvalue weighted by Crippen LogP contribution is -2.47. The normalized spacial score (nSPS) is 12.7. The zero-order valence-corrected chi connectivity index (χ0v) is 20.3. The lowest BCUT2D eigenvalue weighted by molar-refractivity contribution is -0.129. The molecule has 0 fully saturated rings. The number of benzene rings is 2. The third kappa shape index (κ3) is 7.22. The largest absolute Gasteiger partial charge is 0.344 e. The van der Waals surface area contributed by atoms with Gasteiger partial charge in [0.2, 0.25) is 16.9 Å². The van der Waals surface area contributed by atoms with Crippen LogP contribution in [-0.2, 0) is 16.0 Å². The Hall–Kier alpha value is -3.06. The quantitative estimate of drug-likeness (QED) is 0.398. The first-order chi connectivity index (χ1) is 16.0. The molecule has 3 aromatic rings. The third-order valence-electron chi connectivity index (χ3n) is 5.64. The summed E-state index contributed by atoms with van der Waals surface area (Å²) >= 11 is 1.32. The molecule has 0 radical (unpaired) electrons. The number of rotatable bonds is 11. The average Bonchev–Trinajstić information content (AvgIpc) is 3.28. The van der Waals surface area contributed by atoms with Crippen molar-refractivity contribution in [2.24, 2.45) is 5.92 Å². The molecule has 3 rings (SSSR count). The van der Waals surface area contributed by atoms with Gasteiger partial charge in [0, 0.05) is 17.9 Å². The van der Waals surface area contributed by atoms with Crippen LogP contribution in [0.3, 0.4) is 0 Å². The molecule has 0 saturated carbocycles. The van der Waals surface area contributed by atoms with Crippen molar-refractivity contribution in [3.05, 3.63) is 65.7 Å². The molecule has 174 valence electrons. The van der Waals surface area contributed by atoms with Crippen LogP contribution in [0.2, 0.25) is 0 Å². The van der Waals surface area contributed by atoms with E-state index in [9.17, 15) is 9.59 Å². The van der Waals surface area contributed by atoms with Gasteiger partial charge in [0.25, 0.3) is 0 Å². The van der Waals surface area contributed by atoms with Gasteiger partial charge in [-0.15, -0.1) is 10.2 Å². The number of hydrogen-bond acceptors (Lipinski definition) is 5. The van der Waals surface area contributed by atoms with Crippen LogP contribution in [0.25, 0.3) is 10.6 Å². The van der Waals surface area contributed by atoms with Crippen LogP contribution < -0.4 is 10.6 Å². The predicted octanol–water partition coefficient (Wildman–Crippen LogP) is 5.40. The molecule has 0 aliphatic carbocycles. The Morgan fingerprint density at radius 3 is 2.36 bits per heavy atom. The molecule has 2 atom stereocenters. The molecule has 0 saturated heterocycles. The van der Waals surface area contributed by atoms with Crippen molar-refractivity contribution in [2.75, 3.05) is 5.32 Å². The maximum Gasteiger partial charge on any atom is 0.249 e. The summed E-state index contributed by atoms with van der Waals surface area (Å²) < 4.78 is 0. The van der Waals surface area contributed by atoms with Gasteiger partial charge < -0.3 is 5.32 Å². The number of amides is 2. The molecular weight excluding hydrogens is 432 g/mol. The van der Waals surface area contributed by atoms with Gasteiger partial charge in [-0.05, 0) is 25.3 Å². The topological polar surface area (TPSA) is 84.0 Å². The zero-order chi connectivity index (χ0) is 23.6. The number of aryl methyl sites for hydroxylation is 1. The molecular formula is C26H32N4O2S. The maximum absolute atomic E-state index is 13.2. The Bertz CT molecular complexity index is 1030. The summed E-state index contributed by atoms with van der Waals surface area (Å²) in [6.45, 7) is 6.16. The molecule has 6 nitrogen and oxygen atoms in total. The molecule has 2 unspecified atom stereocenters. The van der Waals surface area contributed by atoms with E-state index in [1.165, 1.54) is 16.9 Å². The molecule has 0 aliphatic rings. The minimum Gasteiger partial charge on any atom is -0.344 e. The predicted molar refractivity (Wildman–Crippen MR) is 134 cm³/mol. The highest BCUT2D eigenvalue weighted by molar-refractivity contribution is 7.18. The Balaban J connectivity index is 1.73. The first-order valence-corrected chi connectivity index (χ1v) is 12.4. The summed E-state index contributed by atoms with van der Waals surface area (Å²) in [5.41, 5.74) is 3.10. The number of hydrogen-bond donors (Lipinski definition) is 2. The van der Waals surface area contributed by atoms with E-state index in [1.54, 1.807) is 0 Å². The van der Waals surface area contributed by atoms with Crippen molar-refractivity contribution in [3.8, 4) is 10.6 Å². The first-order valence-electron chi connectivity index (χ1n) is 11.6. The minimum absolute atomic E-state index is 0.0698. The van der Waals surface area contributed by atoms with Gasteiger partial charge in [-0.2, -0.15) is 0 Å². The number of aromatic nitrogens is 2. The van der Waals surface area contributed by atoms with Crippen molar-refractivity contribution >= 4 is 28.3 Å². The van der Waals surface area contributed by atoms with Crippen molar-refractivity contribution in [1.29, 1.82) is 0 Å². The highest BCUT2D eigenvalue weighted by Crippen LogP contribution is 2.26. The summed E-state index contributed by atoms with van der Waals surface area (Å²) in [7, 11) is 0. The van der Waals surface area contributed by atoms with E-state index >= 15 is 0 Å². The van der Waals surface area contributed by atoms with E-state index in [1.807, 2.05) is 68.4 Å². The van der Waals surface area contributed by atoms with E-state index < -0.39 is 6.04 Å². The standard InChI is InChI=1S/C26H32N4O2S/c1-4-6-12-20(5-2)23(31)27-22(17-19-10-8-7-9-11-19)24(32)28-26-30-29-25(33-26)21-15-13-18(3)14-16-21/h7-11,13-16,20,22H,4-6,12,17H2,1-3H3,(H,27,31)(H,28,30,32). The van der Waals surface area contributed by atoms with E-state index in [-0.39, 0.29) is 17.7 Å². The summed E-state index contributed by atoms with van der Waals surface area (Å²) in [4.78, 5) is 26.1. The highest BCUT2D eigenvalue weighted by atomic mass is 32.1. The van der Waals surface area contributed by atoms with Crippen LogP contribution in [0.15, 0.2) is 54.6 Å². The fourth-order valence-electron chi connectivity index (χ4n) is 3.60. The van der Waals surface area contributed by atoms with Gasteiger partial charge in [0.15, 0.2) is 0 Å². The summed E-state index contributed by atoms with van der Waals surface area (Å²) in [6, 6.07) is 17.0. The third-order valence-corrected chi connectivity index (χ3v) is 6.53. The average molecular weight is 465 g/mol. The van der Waals surface area contributed by atoms with Gasteiger partial charge in [-0.3, -0.25) is 14.9 Å². The molecule has 2 amide bonds. The number of carbonyl (C=O) groups excluding carboxylic acids is 2. The van der Waals surface area contributed by atoms with Gasteiger partial charge in [-0.1, -0.05) is 98.2 Å². The second-order valence-corrected chi connectivity index (χ2v) is 9.24. The van der Waals surface area contributed by atoms with Gasteiger partial charge in [0.1, 0.15) is 11.0 Å². The summed E-state index contributed by atoms with van der Waals surface area (Å²) in [6.07, 6.45) is 4.02. The number of unbranched alkanes of at least 4 members (excludes halogenated alkanes) is 1.